The quantitative estimate of drug-likeness (QED) is 0.884. The number of anilines is 1. The lowest BCUT2D eigenvalue weighted by Crippen LogP contribution is -2.18. The SMILES string of the molecule is CNCCC(=O)Nc1ccc2oc(CC(C)(C)C)nc2c1.Cl. The van der Waals surface area contributed by atoms with Crippen LogP contribution in [0, 0.1) is 5.41 Å². The van der Waals surface area contributed by atoms with E-state index in [1.807, 2.05) is 25.2 Å². The molecule has 0 aliphatic rings. The lowest BCUT2D eigenvalue weighted by atomic mass is 9.92. The molecule has 0 aliphatic heterocycles. The number of halogens is 1. The molecule has 122 valence electrons. The highest BCUT2D eigenvalue weighted by atomic mass is 35.5. The van der Waals surface area contributed by atoms with Crippen molar-refractivity contribution < 1.29 is 9.21 Å². The number of oxazole rings is 1. The Balaban J connectivity index is 0.00000242. The Morgan fingerprint density at radius 1 is 1.32 bits per heavy atom. The molecular formula is C16H24ClN3O2. The first kappa shape index (κ1) is 18.5. The van der Waals surface area contributed by atoms with Gasteiger partial charge in [0.25, 0.3) is 0 Å². The first-order valence-electron chi connectivity index (χ1n) is 7.21. The van der Waals surface area contributed by atoms with Gasteiger partial charge in [0.2, 0.25) is 5.91 Å². The molecule has 1 aromatic heterocycles. The van der Waals surface area contributed by atoms with Crippen molar-refractivity contribution in [2.75, 3.05) is 18.9 Å². The average Bonchev–Trinajstić information content (AvgIpc) is 2.75. The molecule has 0 saturated carbocycles. The first-order valence-corrected chi connectivity index (χ1v) is 7.21. The number of carbonyl (C=O) groups excluding carboxylic acids is 1. The summed E-state index contributed by atoms with van der Waals surface area (Å²) in [6, 6.07) is 5.54. The summed E-state index contributed by atoms with van der Waals surface area (Å²) in [5, 5.41) is 5.82. The molecule has 22 heavy (non-hydrogen) atoms. The van der Waals surface area contributed by atoms with Gasteiger partial charge in [-0.15, -0.1) is 12.4 Å². The smallest absolute Gasteiger partial charge is 0.225 e. The molecule has 0 atom stereocenters. The Bertz CT molecular complexity index is 632. The average molecular weight is 326 g/mol. The lowest BCUT2D eigenvalue weighted by molar-refractivity contribution is -0.116. The number of hydrogen-bond donors (Lipinski definition) is 2. The monoisotopic (exact) mass is 325 g/mol. The molecule has 1 amide bonds. The van der Waals surface area contributed by atoms with E-state index >= 15 is 0 Å². The van der Waals surface area contributed by atoms with E-state index in [1.165, 1.54) is 0 Å². The number of hydrogen-bond acceptors (Lipinski definition) is 4. The summed E-state index contributed by atoms with van der Waals surface area (Å²) in [7, 11) is 1.82. The fourth-order valence-corrected chi connectivity index (χ4v) is 2.04. The Hall–Kier alpha value is -1.59. The van der Waals surface area contributed by atoms with E-state index in [1.54, 1.807) is 0 Å². The van der Waals surface area contributed by atoms with Gasteiger partial charge in [-0.3, -0.25) is 4.79 Å². The molecule has 5 nitrogen and oxygen atoms in total. The minimum Gasteiger partial charge on any atom is -0.441 e. The third-order valence-electron chi connectivity index (χ3n) is 3.00. The number of benzene rings is 1. The molecule has 0 bridgehead atoms. The van der Waals surface area contributed by atoms with Crippen LogP contribution in [0.2, 0.25) is 0 Å². The minimum atomic E-state index is -0.0119. The van der Waals surface area contributed by atoms with Gasteiger partial charge in [0.05, 0.1) is 0 Å². The number of fused-ring (bicyclic) bond motifs is 1. The number of amides is 1. The Morgan fingerprint density at radius 2 is 2.05 bits per heavy atom. The summed E-state index contributed by atoms with van der Waals surface area (Å²) in [5.41, 5.74) is 2.41. The van der Waals surface area contributed by atoms with Crippen LogP contribution < -0.4 is 10.6 Å². The van der Waals surface area contributed by atoms with Crippen LogP contribution in [0.3, 0.4) is 0 Å². The standard InChI is InChI=1S/C16H23N3O2.ClH/c1-16(2,3)10-15-19-12-9-11(5-6-13(12)21-15)18-14(20)7-8-17-4;/h5-6,9,17H,7-8,10H2,1-4H3,(H,18,20);1H. The van der Waals surface area contributed by atoms with E-state index < -0.39 is 0 Å². The maximum Gasteiger partial charge on any atom is 0.225 e. The predicted octanol–water partition coefficient (Wildman–Crippen LogP) is 3.39. The van der Waals surface area contributed by atoms with Gasteiger partial charge >= 0.3 is 0 Å². The highest BCUT2D eigenvalue weighted by Gasteiger charge is 2.16. The Labute approximate surface area is 137 Å². The maximum atomic E-state index is 11.7. The van der Waals surface area contributed by atoms with E-state index in [2.05, 4.69) is 36.4 Å². The normalized spacial score (nSPS) is 11.3. The number of carbonyl (C=O) groups is 1. The molecular weight excluding hydrogens is 302 g/mol. The molecule has 0 aliphatic carbocycles. The van der Waals surface area contributed by atoms with E-state index in [-0.39, 0.29) is 23.7 Å². The summed E-state index contributed by atoms with van der Waals surface area (Å²) in [5.74, 6) is 0.721. The zero-order chi connectivity index (χ0) is 15.5. The molecule has 1 aromatic carbocycles. The Morgan fingerprint density at radius 3 is 2.68 bits per heavy atom. The number of aromatic nitrogens is 1. The molecule has 1 heterocycles. The van der Waals surface area contributed by atoms with Gasteiger partial charge in [-0.05, 0) is 30.7 Å². The third kappa shape index (κ3) is 5.31. The third-order valence-corrected chi connectivity index (χ3v) is 3.00. The summed E-state index contributed by atoms with van der Waals surface area (Å²) in [4.78, 5) is 16.2. The van der Waals surface area contributed by atoms with Crippen LogP contribution in [0.15, 0.2) is 22.6 Å². The number of rotatable bonds is 5. The number of nitrogens with zero attached hydrogens (tertiary/aromatic N) is 1. The van der Waals surface area contributed by atoms with Crippen LogP contribution in [-0.4, -0.2) is 24.5 Å². The van der Waals surface area contributed by atoms with Crippen molar-refractivity contribution in [3.63, 3.8) is 0 Å². The van der Waals surface area contributed by atoms with Crippen LogP contribution in [-0.2, 0) is 11.2 Å². The van der Waals surface area contributed by atoms with E-state index in [4.69, 9.17) is 4.42 Å². The summed E-state index contributed by atoms with van der Waals surface area (Å²) in [6.45, 7) is 7.10. The predicted molar refractivity (Wildman–Crippen MR) is 91.6 cm³/mol. The highest BCUT2D eigenvalue weighted by Crippen LogP contribution is 2.25. The maximum absolute atomic E-state index is 11.7. The van der Waals surface area contributed by atoms with Crippen molar-refractivity contribution in [2.45, 2.75) is 33.6 Å². The first-order chi connectivity index (χ1) is 9.87. The summed E-state index contributed by atoms with van der Waals surface area (Å²) >= 11 is 0. The van der Waals surface area contributed by atoms with Gasteiger partial charge in [-0.2, -0.15) is 0 Å². The topological polar surface area (TPSA) is 67.2 Å². The van der Waals surface area contributed by atoms with Crippen LogP contribution in [0.5, 0.6) is 0 Å². The zero-order valence-electron chi connectivity index (χ0n) is 13.5. The van der Waals surface area contributed by atoms with Crippen LogP contribution in [0.25, 0.3) is 11.1 Å². The van der Waals surface area contributed by atoms with Gasteiger partial charge in [0.15, 0.2) is 11.5 Å². The van der Waals surface area contributed by atoms with Crippen molar-refractivity contribution in [2.24, 2.45) is 5.41 Å². The van der Waals surface area contributed by atoms with Crippen LogP contribution >= 0.6 is 12.4 Å². The highest BCUT2D eigenvalue weighted by molar-refractivity contribution is 5.92. The molecule has 2 aromatic rings. The molecule has 0 unspecified atom stereocenters. The second-order valence-corrected chi connectivity index (χ2v) is 6.43. The zero-order valence-corrected chi connectivity index (χ0v) is 14.3. The molecule has 2 rings (SSSR count). The molecule has 0 radical (unpaired) electrons. The van der Waals surface area contributed by atoms with Crippen molar-refractivity contribution in [3.05, 3.63) is 24.1 Å². The summed E-state index contributed by atoms with van der Waals surface area (Å²) in [6.07, 6.45) is 1.23. The van der Waals surface area contributed by atoms with Crippen molar-refractivity contribution in [1.29, 1.82) is 0 Å². The van der Waals surface area contributed by atoms with Crippen molar-refractivity contribution >= 4 is 35.1 Å². The second-order valence-electron chi connectivity index (χ2n) is 6.43. The van der Waals surface area contributed by atoms with Gasteiger partial charge in [0.1, 0.15) is 5.52 Å². The van der Waals surface area contributed by atoms with Crippen LogP contribution in [0.4, 0.5) is 5.69 Å². The fraction of sp³-hybridized carbons (Fsp3) is 0.500. The van der Waals surface area contributed by atoms with Crippen molar-refractivity contribution in [1.82, 2.24) is 10.3 Å². The largest absolute Gasteiger partial charge is 0.441 e. The molecule has 2 N–H and O–H groups in total. The molecule has 0 fully saturated rings. The lowest BCUT2D eigenvalue weighted by Gasteiger charge is -2.14. The minimum absolute atomic E-state index is 0. The van der Waals surface area contributed by atoms with Gasteiger partial charge in [0, 0.05) is 25.1 Å². The van der Waals surface area contributed by atoms with E-state index in [0.717, 1.165) is 29.1 Å². The van der Waals surface area contributed by atoms with E-state index in [9.17, 15) is 4.79 Å². The molecule has 6 heteroatoms. The van der Waals surface area contributed by atoms with Crippen molar-refractivity contribution in [3.8, 4) is 0 Å². The Kier molecular flexibility index (Phi) is 6.38. The molecule has 0 saturated heterocycles. The van der Waals surface area contributed by atoms with Gasteiger partial charge in [-0.1, -0.05) is 20.8 Å². The molecule has 0 spiro atoms. The number of nitrogens with one attached hydrogen (secondary N) is 2. The van der Waals surface area contributed by atoms with Gasteiger partial charge < -0.3 is 15.1 Å². The van der Waals surface area contributed by atoms with Crippen LogP contribution in [0.1, 0.15) is 33.1 Å². The fourth-order valence-electron chi connectivity index (χ4n) is 2.04. The van der Waals surface area contributed by atoms with Gasteiger partial charge in [-0.25, -0.2) is 4.98 Å². The summed E-state index contributed by atoms with van der Waals surface area (Å²) < 4.78 is 5.74. The second kappa shape index (κ2) is 7.61. The van der Waals surface area contributed by atoms with E-state index in [0.29, 0.717) is 13.0 Å².